The molecule has 2 rings (SSSR count). The lowest BCUT2D eigenvalue weighted by Gasteiger charge is -2.43. The van der Waals surface area contributed by atoms with Crippen molar-refractivity contribution in [1.29, 1.82) is 0 Å². The number of carboxylic acid groups (broad SMARTS) is 1. The van der Waals surface area contributed by atoms with Crippen molar-refractivity contribution in [2.45, 2.75) is 104 Å². The van der Waals surface area contributed by atoms with Crippen LogP contribution in [0.15, 0.2) is 60.7 Å². The largest absolute Gasteiger partial charge is 0.481 e. The van der Waals surface area contributed by atoms with Crippen molar-refractivity contribution in [3.63, 3.8) is 0 Å². The molecule has 0 heterocycles. The first-order valence-electron chi connectivity index (χ1n) is 13.4. The van der Waals surface area contributed by atoms with E-state index in [0.717, 1.165) is 11.1 Å². The predicted octanol–water partition coefficient (Wildman–Crippen LogP) is 7.24. The van der Waals surface area contributed by atoms with Gasteiger partial charge in [0.25, 0.3) is 0 Å². The van der Waals surface area contributed by atoms with Crippen LogP contribution in [0.3, 0.4) is 0 Å². The number of ether oxygens (including phenoxy) is 1. The number of carboxylic acids is 1. The van der Waals surface area contributed by atoms with Gasteiger partial charge in [-0.15, -0.1) is 0 Å². The van der Waals surface area contributed by atoms with E-state index in [1.165, 1.54) is 0 Å². The van der Waals surface area contributed by atoms with Crippen LogP contribution in [-0.2, 0) is 26.8 Å². The van der Waals surface area contributed by atoms with Crippen LogP contribution in [0.2, 0.25) is 18.1 Å². The lowest BCUT2D eigenvalue weighted by Crippen LogP contribution is -2.55. The molecular weight excluding hydrogens is 494 g/mol. The Bertz CT molecular complexity index is 1040. The third-order valence-corrected chi connectivity index (χ3v) is 11.8. The van der Waals surface area contributed by atoms with E-state index >= 15 is 0 Å². The van der Waals surface area contributed by atoms with Crippen molar-refractivity contribution in [3.05, 3.63) is 71.8 Å². The van der Waals surface area contributed by atoms with Crippen molar-refractivity contribution in [2.75, 3.05) is 0 Å². The number of nitrogens with one attached hydrogen (secondary N) is 1. The summed E-state index contributed by atoms with van der Waals surface area (Å²) in [5.41, 5.74) is 0.194. The summed E-state index contributed by atoms with van der Waals surface area (Å²) in [6.07, 6.45) is -0.0153. The van der Waals surface area contributed by atoms with Crippen molar-refractivity contribution >= 4 is 20.4 Å². The molecule has 0 bridgehead atoms. The van der Waals surface area contributed by atoms with Crippen LogP contribution in [0.5, 0.6) is 0 Å². The molecular formula is C31H47NO5Si. The van der Waals surface area contributed by atoms with Gasteiger partial charge < -0.3 is 19.6 Å². The Morgan fingerprint density at radius 2 is 1.37 bits per heavy atom. The number of hydrogen-bond acceptors (Lipinski definition) is 4. The van der Waals surface area contributed by atoms with Gasteiger partial charge in [0.15, 0.2) is 8.32 Å². The van der Waals surface area contributed by atoms with E-state index in [0.29, 0.717) is 12.8 Å². The number of aliphatic carboxylic acids is 1. The fourth-order valence-electron chi connectivity index (χ4n) is 4.15. The fraction of sp³-hybridized carbons (Fsp3) is 0.548. The van der Waals surface area contributed by atoms with Crippen LogP contribution in [0.4, 0.5) is 4.79 Å². The number of carbonyl (C=O) groups excluding carboxylic acids is 1. The Morgan fingerprint density at radius 1 is 0.868 bits per heavy atom. The number of hydrogen-bond donors (Lipinski definition) is 2. The van der Waals surface area contributed by atoms with E-state index in [4.69, 9.17) is 9.16 Å². The average Bonchev–Trinajstić information content (AvgIpc) is 2.77. The standard InChI is InChI=1S/C31H47NO5Si/c1-29(2,3)36-28(35)32-25(20-23-16-12-10-13-17-23)26(37-38(8,9)30(4,5)6)22-31(7,27(33)34)21-24-18-14-11-15-19-24/h10-19,25-26H,20-22H2,1-9H3,(H,32,35)(H,33,34). The molecule has 2 aromatic carbocycles. The van der Waals surface area contributed by atoms with E-state index in [9.17, 15) is 14.7 Å². The minimum atomic E-state index is -2.36. The first-order valence-corrected chi connectivity index (χ1v) is 16.3. The van der Waals surface area contributed by atoms with Gasteiger partial charge in [-0.2, -0.15) is 0 Å². The molecule has 2 aromatic rings. The highest BCUT2D eigenvalue weighted by molar-refractivity contribution is 6.74. The van der Waals surface area contributed by atoms with Crippen molar-refractivity contribution in [3.8, 4) is 0 Å². The molecule has 0 aliphatic heterocycles. The Morgan fingerprint density at radius 3 is 1.82 bits per heavy atom. The molecule has 0 spiro atoms. The molecule has 1 amide bonds. The zero-order valence-electron chi connectivity index (χ0n) is 24.6. The first-order chi connectivity index (χ1) is 17.4. The maximum Gasteiger partial charge on any atom is 0.407 e. The van der Waals surface area contributed by atoms with Crippen LogP contribution in [-0.4, -0.2) is 43.2 Å². The number of rotatable bonds is 11. The molecule has 7 heteroatoms. The molecule has 3 atom stereocenters. The van der Waals surface area contributed by atoms with Gasteiger partial charge in [-0.1, -0.05) is 81.4 Å². The topological polar surface area (TPSA) is 84.9 Å². The van der Waals surface area contributed by atoms with Crippen molar-refractivity contribution in [2.24, 2.45) is 5.41 Å². The molecule has 0 saturated carbocycles. The molecule has 0 aliphatic rings. The number of alkyl carbamates (subject to hydrolysis) is 1. The summed E-state index contributed by atoms with van der Waals surface area (Å²) in [6.45, 7) is 18.0. The van der Waals surface area contributed by atoms with Crippen molar-refractivity contribution < 1.29 is 23.9 Å². The van der Waals surface area contributed by atoms with E-state index in [-0.39, 0.29) is 11.5 Å². The SMILES string of the molecule is CC(C)(C)OC(=O)NC(Cc1ccccc1)C(CC(C)(Cc1ccccc1)C(=O)O)O[Si](C)(C)C(C)(C)C. The lowest BCUT2D eigenvalue weighted by molar-refractivity contribution is -0.149. The molecule has 38 heavy (non-hydrogen) atoms. The fourth-order valence-corrected chi connectivity index (χ4v) is 5.51. The van der Waals surface area contributed by atoms with Crippen LogP contribution < -0.4 is 5.32 Å². The van der Waals surface area contributed by atoms with Crippen molar-refractivity contribution in [1.82, 2.24) is 5.32 Å². The quantitative estimate of drug-likeness (QED) is 0.293. The minimum absolute atomic E-state index is 0.104. The molecule has 210 valence electrons. The van der Waals surface area contributed by atoms with Gasteiger partial charge in [0.05, 0.1) is 17.6 Å². The van der Waals surface area contributed by atoms with Gasteiger partial charge >= 0.3 is 12.1 Å². The number of benzene rings is 2. The van der Waals surface area contributed by atoms with Crippen LogP contribution in [0.1, 0.15) is 66.0 Å². The maximum atomic E-state index is 13.0. The second-order valence-corrected chi connectivity index (χ2v) is 17.8. The zero-order chi connectivity index (χ0) is 28.8. The highest BCUT2D eigenvalue weighted by Gasteiger charge is 2.45. The minimum Gasteiger partial charge on any atom is -0.481 e. The third-order valence-electron chi connectivity index (χ3n) is 7.31. The number of carbonyl (C=O) groups is 2. The van der Waals surface area contributed by atoms with Crippen LogP contribution in [0, 0.1) is 5.41 Å². The summed E-state index contributed by atoms with van der Waals surface area (Å²) in [6, 6.07) is 19.1. The summed E-state index contributed by atoms with van der Waals surface area (Å²) < 4.78 is 12.6. The molecule has 0 fully saturated rings. The monoisotopic (exact) mass is 541 g/mol. The maximum absolute atomic E-state index is 13.0. The Labute approximate surface area is 230 Å². The lowest BCUT2D eigenvalue weighted by atomic mass is 9.77. The summed E-state index contributed by atoms with van der Waals surface area (Å²) in [4.78, 5) is 25.8. The van der Waals surface area contributed by atoms with Gasteiger partial charge in [0, 0.05) is 0 Å². The first kappa shape index (κ1) is 31.6. The van der Waals surface area contributed by atoms with E-state index < -0.39 is 43.5 Å². The Hall–Kier alpha value is -2.64. The van der Waals surface area contributed by atoms with Gasteiger partial charge in [-0.05, 0) is 76.2 Å². The second-order valence-electron chi connectivity index (χ2n) is 13.1. The second kappa shape index (κ2) is 12.5. The van der Waals surface area contributed by atoms with Crippen LogP contribution >= 0.6 is 0 Å². The van der Waals surface area contributed by atoms with E-state index in [2.05, 4.69) is 39.2 Å². The predicted molar refractivity (Wildman–Crippen MR) is 156 cm³/mol. The third kappa shape index (κ3) is 9.59. The van der Waals surface area contributed by atoms with Gasteiger partial charge in [-0.3, -0.25) is 4.79 Å². The summed E-state index contributed by atoms with van der Waals surface area (Å²) >= 11 is 0. The smallest absolute Gasteiger partial charge is 0.407 e. The summed E-state index contributed by atoms with van der Waals surface area (Å²) in [5, 5.41) is 13.4. The summed E-state index contributed by atoms with van der Waals surface area (Å²) in [5.74, 6) is -0.888. The van der Waals surface area contributed by atoms with E-state index in [1.807, 2.05) is 81.4 Å². The Balaban J connectivity index is 2.54. The normalized spacial score (nSPS) is 15.7. The summed E-state index contributed by atoms with van der Waals surface area (Å²) in [7, 11) is -2.36. The van der Waals surface area contributed by atoms with Crippen LogP contribution in [0.25, 0.3) is 0 Å². The van der Waals surface area contributed by atoms with Gasteiger partial charge in [0.2, 0.25) is 0 Å². The highest BCUT2D eigenvalue weighted by atomic mass is 28.4. The molecule has 0 aliphatic carbocycles. The molecule has 0 saturated heterocycles. The van der Waals surface area contributed by atoms with Gasteiger partial charge in [-0.25, -0.2) is 4.79 Å². The number of amides is 1. The van der Waals surface area contributed by atoms with Gasteiger partial charge in [0.1, 0.15) is 5.60 Å². The average molecular weight is 542 g/mol. The van der Waals surface area contributed by atoms with E-state index in [1.54, 1.807) is 6.92 Å². The molecule has 0 radical (unpaired) electrons. The Kier molecular flexibility index (Phi) is 10.4. The zero-order valence-corrected chi connectivity index (χ0v) is 25.6. The molecule has 0 aromatic heterocycles. The highest BCUT2D eigenvalue weighted by Crippen LogP contribution is 2.40. The molecule has 2 N–H and O–H groups in total. The molecule has 3 unspecified atom stereocenters. The molecule has 6 nitrogen and oxygen atoms in total.